The number of nitrogens with zero attached hydrogens (tertiary/aromatic N) is 3. The molecule has 27 heavy (non-hydrogen) atoms. The van der Waals surface area contributed by atoms with Gasteiger partial charge in [0.15, 0.2) is 9.84 Å². The maximum Gasteiger partial charge on any atom is 0.267 e. The van der Waals surface area contributed by atoms with Crippen LogP contribution in [0.3, 0.4) is 0 Å². The molecule has 1 heterocycles. The standard InChI is InChI=1S/C19H26N4O3S/c1-15-5-4-6-17(11-15)21-19(24)16(12-20)13-23(9-8-22(2)3)18-7-10-27(25,26)14-18/h4-6,11,13,18H,7-10,14H2,1-3H3,(H,21,24)/b16-13-. The van der Waals surface area contributed by atoms with Crippen molar-refractivity contribution >= 4 is 21.4 Å². The number of carbonyl (C=O) groups is 1. The number of rotatable bonds is 7. The van der Waals surface area contributed by atoms with Gasteiger partial charge in [0.1, 0.15) is 11.6 Å². The number of sulfone groups is 1. The molecule has 1 atom stereocenters. The van der Waals surface area contributed by atoms with Crippen LogP contribution in [0.1, 0.15) is 12.0 Å². The van der Waals surface area contributed by atoms with Crippen molar-refractivity contribution in [3.63, 3.8) is 0 Å². The Balaban J connectivity index is 2.20. The first-order valence-electron chi connectivity index (χ1n) is 8.81. The molecule has 0 bridgehead atoms. The first kappa shape index (κ1) is 20.9. The van der Waals surface area contributed by atoms with Gasteiger partial charge >= 0.3 is 0 Å². The molecule has 0 aromatic heterocycles. The highest BCUT2D eigenvalue weighted by atomic mass is 32.2. The fraction of sp³-hybridized carbons (Fsp3) is 0.474. The summed E-state index contributed by atoms with van der Waals surface area (Å²) in [5.74, 6) is -0.310. The number of amides is 1. The molecule has 8 heteroatoms. The van der Waals surface area contributed by atoms with Crippen molar-refractivity contribution in [2.75, 3.05) is 44.0 Å². The van der Waals surface area contributed by atoms with Crippen LogP contribution >= 0.6 is 0 Å². The summed E-state index contributed by atoms with van der Waals surface area (Å²) in [4.78, 5) is 16.3. The van der Waals surface area contributed by atoms with Gasteiger partial charge in [-0.3, -0.25) is 4.79 Å². The highest BCUT2D eigenvalue weighted by molar-refractivity contribution is 7.91. The second-order valence-electron chi connectivity index (χ2n) is 7.08. The van der Waals surface area contributed by atoms with Gasteiger partial charge in [-0.1, -0.05) is 12.1 Å². The number of nitrogens with one attached hydrogen (secondary N) is 1. The van der Waals surface area contributed by atoms with E-state index < -0.39 is 15.7 Å². The molecule has 2 rings (SSSR count). The van der Waals surface area contributed by atoms with Crippen LogP contribution in [0.15, 0.2) is 36.0 Å². The summed E-state index contributed by atoms with van der Waals surface area (Å²) in [6, 6.07) is 9.05. The van der Waals surface area contributed by atoms with E-state index in [0.717, 1.165) is 5.56 Å². The monoisotopic (exact) mass is 390 g/mol. The molecule has 7 nitrogen and oxygen atoms in total. The summed E-state index contributed by atoms with van der Waals surface area (Å²) in [6.07, 6.45) is 2.00. The molecule has 1 aliphatic rings. The largest absolute Gasteiger partial charge is 0.371 e. The Bertz CT molecular complexity index is 856. The Morgan fingerprint density at radius 3 is 2.67 bits per heavy atom. The topological polar surface area (TPSA) is 93.5 Å². The second-order valence-corrected chi connectivity index (χ2v) is 9.30. The van der Waals surface area contributed by atoms with Gasteiger partial charge in [0, 0.05) is 31.0 Å². The Labute approximate surface area is 161 Å². The summed E-state index contributed by atoms with van der Waals surface area (Å²) in [5, 5.41) is 12.2. The number of benzene rings is 1. The van der Waals surface area contributed by atoms with Crippen molar-refractivity contribution in [1.29, 1.82) is 5.26 Å². The van der Waals surface area contributed by atoms with E-state index in [-0.39, 0.29) is 23.1 Å². The van der Waals surface area contributed by atoms with Crippen LogP contribution in [0.2, 0.25) is 0 Å². The van der Waals surface area contributed by atoms with Gasteiger partial charge < -0.3 is 15.1 Å². The fourth-order valence-corrected chi connectivity index (χ4v) is 4.67. The summed E-state index contributed by atoms with van der Waals surface area (Å²) in [5.41, 5.74) is 1.57. The summed E-state index contributed by atoms with van der Waals surface area (Å²) >= 11 is 0. The lowest BCUT2D eigenvalue weighted by Gasteiger charge is -2.28. The smallest absolute Gasteiger partial charge is 0.267 e. The van der Waals surface area contributed by atoms with E-state index in [1.807, 2.05) is 55.1 Å². The molecular weight excluding hydrogens is 364 g/mol. The number of anilines is 1. The maximum atomic E-state index is 12.5. The van der Waals surface area contributed by atoms with E-state index in [1.54, 1.807) is 6.07 Å². The van der Waals surface area contributed by atoms with E-state index in [4.69, 9.17) is 0 Å². The second kappa shape index (κ2) is 9.02. The highest BCUT2D eigenvalue weighted by Gasteiger charge is 2.31. The molecule has 1 fully saturated rings. The van der Waals surface area contributed by atoms with Gasteiger partial charge in [-0.2, -0.15) is 5.26 Å². The van der Waals surface area contributed by atoms with Crippen molar-refractivity contribution < 1.29 is 13.2 Å². The van der Waals surface area contributed by atoms with E-state index in [1.165, 1.54) is 6.20 Å². The van der Waals surface area contributed by atoms with Gasteiger partial charge in [0.25, 0.3) is 5.91 Å². The van der Waals surface area contributed by atoms with Crippen LogP contribution in [0, 0.1) is 18.3 Å². The highest BCUT2D eigenvalue weighted by Crippen LogP contribution is 2.19. The zero-order chi connectivity index (χ0) is 20.0. The SMILES string of the molecule is Cc1cccc(NC(=O)/C(C#N)=C\N(CCN(C)C)C2CCS(=O)(=O)C2)c1. The van der Waals surface area contributed by atoms with Crippen LogP contribution in [0.5, 0.6) is 0 Å². The molecule has 0 spiro atoms. The lowest BCUT2D eigenvalue weighted by atomic mass is 10.2. The van der Waals surface area contributed by atoms with Crippen LogP contribution in [-0.4, -0.2) is 68.9 Å². The molecule has 146 valence electrons. The van der Waals surface area contributed by atoms with E-state index in [2.05, 4.69) is 5.32 Å². The summed E-state index contributed by atoms with van der Waals surface area (Å²) < 4.78 is 23.7. The quantitative estimate of drug-likeness (QED) is 0.559. The lowest BCUT2D eigenvalue weighted by molar-refractivity contribution is -0.112. The molecule has 0 radical (unpaired) electrons. The van der Waals surface area contributed by atoms with Crippen molar-refractivity contribution in [2.24, 2.45) is 0 Å². The molecule has 1 amide bonds. The third-order valence-electron chi connectivity index (χ3n) is 4.42. The average molecular weight is 391 g/mol. The van der Waals surface area contributed by atoms with Crippen molar-refractivity contribution in [2.45, 2.75) is 19.4 Å². The molecule has 1 aromatic rings. The third kappa shape index (κ3) is 6.38. The van der Waals surface area contributed by atoms with Gasteiger partial charge in [0.05, 0.1) is 11.5 Å². The number of hydrogen-bond donors (Lipinski definition) is 1. The fourth-order valence-electron chi connectivity index (χ4n) is 2.93. The van der Waals surface area contributed by atoms with Gasteiger partial charge in [-0.25, -0.2) is 8.42 Å². The van der Waals surface area contributed by atoms with E-state index >= 15 is 0 Å². The van der Waals surface area contributed by atoms with Crippen LogP contribution in [0.4, 0.5) is 5.69 Å². The van der Waals surface area contributed by atoms with Crippen LogP contribution < -0.4 is 5.32 Å². The molecule has 1 unspecified atom stereocenters. The summed E-state index contributed by atoms with van der Waals surface area (Å²) in [6.45, 7) is 3.14. The van der Waals surface area contributed by atoms with Crippen molar-refractivity contribution in [3.8, 4) is 6.07 Å². The number of likely N-dealkylation sites (N-methyl/N-ethyl adjacent to an activating group) is 1. The Hall–Kier alpha value is -2.37. The number of nitriles is 1. The van der Waals surface area contributed by atoms with Crippen molar-refractivity contribution in [1.82, 2.24) is 9.80 Å². The van der Waals surface area contributed by atoms with Crippen molar-refractivity contribution in [3.05, 3.63) is 41.6 Å². The Morgan fingerprint density at radius 2 is 2.11 bits per heavy atom. The first-order chi connectivity index (χ1) is 12.7. The number of aryl methyl sites for hydroxylation is 1. The molecule has 1 N–H and O–H groups in total. The normalized spacial score (nSPS) is 18.9. The molecule has 0 saturated carbocycles. The van der Waals surface area contributed by atoms with Gasteiger partial charge in [-0.05, 0) is 45.1 Å². The van der Waals surface area contributed by atoms with Crippen LogP contribution in [0.25, 0.3) is 0 Å². The molecule has 1 aromatic carbocycles. The van der Waals surface area contributed by atoms with E-state index in [0.29, 0.717) is 25.2 Å². The first-order valence-corrected chi connectivity index (χ1v) is 10.6. The minimum absolute atomic E-state index is 0.0421. The summed E-state index contributed by atoms with van der Waals surface area (Å²) in [7, 11) is 0.776. The Kier molecular flexibility index (Phi) is 6.99. The third-order valence-corrected chi connectivity index (χ3v) is 6.17. The number of carbonyl (C=O) groups excluding carboxylic acids is 1. The van der Waals surface area contributed by atoms with E-state index in [9.17, 15) is 18.5 Å². The predicted octanol–water partition coefficient (Wildman–Crippen LogP) is 1.39. The lowest BCUT2D eigenvalue weighted by Crippen LogP contribution is -2.37. The Morgan fingerprint density at radius 1 is 1.37 bits per heavy atom. The van der Waals surface area contributed by atoms with Gasteiger partial charge in [0.2, 0.25) is 0 Å². The predicted molar refractivity (Wildman–Crippen MR) is 106 cm³/mol. The molecular formula is C19H26N4O3S. The average Bonchev–Trinajstić information content (AvgIpc) is 2.94. The zero-order valence-electron chi connectivity index (χ0n) is 16.0. The van der Waals surface area contributed by atoms with Gasteiger partial charge in [-0.15, -0.1) is 0 Å². The maximum absolute atomic E-state index is 12.5. The molecule has 0 aliphatic carbocycles. The minimum Gasteiger partial charge on any atom is -0.371 e. The number of hydrogen-bond acceptors (Lipinski definition) is 6. The minimum atomic E-state index is -3.06. The van der Waals surface area contributed by atoms with Crippen LogP contribution in [-0.2, 0) is 14.6 Å². The molecule has 1 aliphatic heterocycles. The zero-order valence-corrected chi connectivity index (χ0v) is 16.8. The molecule has 1 saturated heterocycles.